The molecule has 3 aromatic rings. The molecule has 3 rings (SSSR count). The van der Waals surface area contributed by atoms with E-state index in [0.717, 1.165) is 6.20 Å². The molecule has 0 N–H and O–H groups in total. The second-order valence-electron chi connectivity index (χ2n) is 5.07. The van der Waals surface area contributed by atoms with Gasteiger partial charge in [0.15, 0.2) is 17.5 Å². The molecule has 6 nitrogen and oxygen atoms in total. The van der Waals surface area contributed by atoms with Gasteiger partial charge in [-0.1, -0.05) is 6.07 Å². The number of nitrogens with zero attached hydrogens (tertiary/aromatic N) is 5. The first-order valence-corrected chi connectivity index (χ1v) is 7.13. The summed E-state index contributed by atoms with van der Waals surface area (Å²) in [5.74, 6) is -1.51. The normalized spacial score (nSPS) is 11.7. The van der Waals surface area contributed by atoms with Crippen LogP contribution >= 0.6 is 0 Å². The molecule has 0 radical (unpaired) electrons. The van der Waals surface area contributed by atoms with Crippen LogP contribution in [-0.4, -0.2) is 25.5 Å². The zero-order chi connectivity index (χ0) is 17.1. The third-order valence-electron chi connectivity index (χ3n) is 3.58. The summed E-state index contributed by atoms with van der Waals surface area (Å²) in [5.41, 5.74) is 1.08. The maximum absolute atomic E-state index is 13.0. The minimum Gasteiger partial charge on any atom is -0.292 e. The maximum Gasteiger partial charge on any atom is 0.189 e. The first-order valence-electron chi connectivity index (χ1n) is 7.13. The maximum atomic E-state index is 13.0. The second kappa shape index (κ2) is 6.38. The van der Waals surface area contributed by atoms with Gasteiger partial charge in [0.1, 0.15) is 5.82 Å². The van der Waals surface area contributed by atoms with Crippen molar-refractivity contribution in [1.29, 1.82) is 5.26 Å². The summed E-state index contributed by atoms with van der Waals surface area (Å²) in [4.78, 5) is 20.7. The molecular weight excluding hydrogens is 309 g/mol. The van der Waals surface area contributed by atoms with E-state index in [1.54, 1.807) is 25.3 Å². The number of carbonyl (C=O) groups is 1. The summed E-state index contributed by atoms with van der Waals surface area (Å²) in [7, 11) is 0. The summed E-state index contributed by atoms with van der Waals surface area (Å²) in [6.07, 6.45) is 4.01. The number of nitriles is 1. The zero-order valence-electron chi connectivity index (χ0n) is 12.7. The molecule has 0 aromatic carbocycles. The lowest BCUT2D eigenvalue weighted by Crippen LogP contribution is -2.14. The summed E-state index contributed by atoms with van der Waals surface area (Å²) < 4.78 is 14.5. The quantitative estimate of drug-likeness (QED) is 0.690. The molecule has 3 aromatic heterocycles. The molecule has 0 spiro atoms. The molecule has 0 fully saturated rings. The molecule has 0 aliphatic carbocycles. The van der Waals surface area contributed by atoms with Gasteiger partial charge >= 0.3 is 0 Å². The Balaban J connectivity index is 1.97. The van der Waals surface area contributed by atoms with Crippen molar-refractivity contribution in [2.75, 3.05) is 0 Å². The van der Waals surface area contributed by atoms with Crippen LogP contribution in [0.15, 0.2) is 48.9 Å². The van der Waals surface area contributed by atoms with E-state index in [-0.39, 0.29) is 5.69 Å². The minimum absolute atomic E-state index is 0.203. The van der Waals surface area contributed by atoms with Gasteiger partial charge in [-0.3, -0.25) is 9.78 Å². The molecule has 118 valence electrons. The van der Waals surface area contributed by atoms with Crippen molar-refractivity contribution in [2.45, 2.75) is 12.8 Å². The van der Waals surface area contributed by atoms with Gasteiger partial charge in [-0.15, -0.1) is 0 Å². The van der Waals surface area contributed by atoms with Crippen molar-refractivity contribution < 1.29 is 9.18 Å². The average Bonchev–Trinajstić information content (AvgIpc) is 2.99. The third-order valence-corrected chi connectivity index (χ3v) is 3.58. The Morgan fingerprint density at radius 3 is 2.71 bits per heavy atom. The number of rotatable bonds is 4. The molecule has 0 unspecified atom stereocenters. The second-order valence-corrected chi connectivity index (χ2v) is 5.07. The predicted octanol–water partition coefficient (Wildman–Crippen LogP) is 2.60. The smallest absolute Gasteiger partial charge is 0.189 e. The van der Waals surface area contributed by atoms with E-state index in [0.29, 0.717) is 17.1 Å². The first kappa shape index (κ1) is 15.5. The highest BCUT2D eigenvalue weighted by Gasteiger charge is 2.26. The van der Waals surface area contributed by atoms with Gasteiger partial charge in [-0.25, -0.2) is 14.1 Å². The molecule has 1 atom stereocenters. The molecule has 24 heavy (non-hydrogen) atoms. The van der Waals surface area contributed by atoms with Crippen molar-refractivity contribution >= 4 is 5.78 Å². The van der Waals surface area contributed by atoms with Gasteiger partial charge < -0.3 is 0 Å². The average molecular weight is 321 g/mol. The zero-order valence-corrected chi connectivity index (χ0v) is 12.7. The number of aromatic nitrogens is 4. The predicted molar refractivity (Wildman–Crippen MR) is 83.0 cm³/mol. The van der Waals surface area contributed by atoms with E-state index >= 15 is 0 Å². The van der Waals surface area contributed by atoms with Crippen molar-refractivity contribution in [3.05, 3.63) is 71.7 Å². The molecule has 0 aliphatic rings. The Hall–Kier alpha value is -3.40. The van der Waals surface area contributed by atoms with Crippen molar-refractivity contribution in [3.8, 4) is 11.9 Å². The molecular formula is C17H12FN5O. The molecule has 0 saturated heterocycles. The van der Waals surface area contributed by atoms with E-state index in [1.165, 1.54) is 23.0 Å². The number of hydrogen-bond donors (Lipinski definition) is 0. The van der Waals surface area contributed by atoms with Gasteiger partial charge in [-0.2, -0.15) is 10.4 Å². The van der Waals surface area contributed by atoms with E-state index in [1.807, 2.05) is 12.1 Å². The molecule has 0 bridgehead atoms. The van der Waals surface area contributed by atoms with Crippen molar-refractivity contribution in [3.63, 3.8) is 0 Å². The fraction of sp³-hybridized carbons (Fsp3) is 0.118. The summed E-state index contributed by atoms with van der Waals surface area (Å²) >= 11 is 0. The fourth-order valence-corrected chi connectivity index (χ4v) is 2.33. The number of hydrogen-bond acceptors (Lipinski definition) is 5. The van der Waals surface area contributed by atoms with Crippen LogP contribution in [0.4, 0.5) is 4.39 Å². The number of ketones is 1. The Morgan fingerprint density at radius 2 is 2.08 bits per heavy atom. The van der Waals surface area contributed by atoms with Crippen LogP contribution in [0.2, 0.25) is 0 Å². The topological polar surface area (TPSA) is 84.5 Å². The van der Waals surface area contributed by atoms with Crippen LogP contribution in [0.3, 0.4) is 0 Å². The van der Waals surface area contributed by atoms with Gasteiger partial charge in [0.25, 0.3) is 0 Å². The SMILES string of the molecule is Cc1c(C(=O)[C@H](C#N)c2ccc(F)cn2)cnn1-c1ccccn1. The van der Waals surface area contributed by atoms with Crippen LogP contribution in [-0.2, 0) is 0 Å². The van der Waals surface area contributed by atoms with Gasteiger partial charge in [0.2, 0.25) is 0 Å². The lowest BCUT2D eigenvalue weighted by atomic mass is 9.96. The molecule has 0 saturated carbocycles. The summed E-state index contributed by atoms with van der Waals surface area (Å²) in [6.45, 7) is 1.72. The minimum atomic E-state index is -1.12. The Morgan fingerprint density at radius 1 is 1.25 bits per heavy atom. The van der Waals surface area contributed by atoms with Crippen molar-refractivity contribution in [1.82, 2.24) is 19.7 Å². The third kappa shape index (κ3) is 2.77. The Labute approximate surface area is 137 Å². The van der Waals surface area contributed by atoms with Crippen LogP contribution in [0.5, 0.6) is 0 Å². The summed E-state index contributed by atoms with van der Waals surface area (Å²) in [6, 6.07) is 9.78. The lowest BCUT2D eigenvalue weighted by Gasteiger charge is -2.08. The van der Waals surface area contributed by atoms with Crippen LogP contribution in [0, 0.1) is 24.1 Å². The highest BCUT2D eigenvalue weighted by atomic mass is 19.1. The monoisotopic (exact) mass is 321 g/mol. The molecule has 3 heterocycles. The number of pyridine rings is 2. The van der Waals surface area contributed by atoms with Crippen LogP contribution < -0.4 is 0 Å². The summed E-state index contributed by atoms with van der Waals surface area (Å²) in [5, 5.41) is 13.5. The highest BCUT2D eigenvalue weighted by Crippen LogP contribution is 2.22. The van der Waals surface area contributed by atoms with Gasteiger partial charge in [-0.05, 0) is 31.2 Å². The van der Waals surface area contributed by atoms with E-state index in [9.17, 15) is 14.4 Å². The molecule has 0 aliphatic heterocycles. The number of Topliss-reactive ketones (excluding diaryl/α,β-unsaturated/α-hetero) is 1. The fourth-order valence-electron chi connectivity index (χ4n) is 2.33. The standard InChI is InChI=1S/C17H12FN5O/c1-11-14(10-22-23(11)16-4-2-3-7-20-16)17(24)13(8-19)15-6-5-12(18)9-21-15/h2-7,9-10,13H,1H3/t13-/m1/s1. The largest absolute Gasteiger partial charge is 0.292 e. The van der Waals surface area contributed by atoms with Gasteiger partial charge in [0, 0.05) is 6.20 Å². The number of carbonyl (C=O) groups excluding carboxylic acids is 1. The van der Waals surface area contributed by atoms with Crippen molar-refractivity contribution in [2.24, 2.45) is 0 Å². The van der Waals surface area contributed by atoms with Crippen LogP contribution in [0.1, 0.15) is 27.7 Å². The van der Waals surface area contributed by atoms with E-state index in [4.69, 9.17) is 0 Å². The Bertz CT molecular complexity index is 912. The Kier molecular flexibility index (Phi) is 4.12. The van der Waals surface area contributed by atoms with E-state index < -0.39 is 17.5 Å². The number of halogens is 1. The van der Waals surface area contributed by atoms with E-state index in [2.05, 4.69) is 15.1 Å². The molecule has 0 amide bonds. The first-order chi connectivity index (χ1) is 11.6. The lowest BCUT2D eigenvalue weighted by molar-refractivity contribution is 0.0977. The highest BCUT2D eigenvalue weighted by molar-refractivity contribution is 6.03. The molecule has 7 heteroatoms. The van der Waals surface area contributed by atoms with Crippen LogP contribution in [0.25, 0.3) is 5.82 Å². The van der Waals surface area contributed by atoms with Gasteiger partial charge in [0.05, 0.1) is 35.4 Å².